The highest BCUT2D eigenvalue weighted by atomic mass is 32.2. The van der Waals surface area contributed by atoms with E-state index >= 15 is 0 Å². The lowest BCUT2D eigenvalue weighted by atomic mass is 10.1. The molecular weight excluding hydrogens is 384 g/mol. The van der Waals surface area contributed by atoms with E-state index in [0.29, 0.717) is 18.1 Å². The lowest BCUT2D eigenvalue weighted by Gasteiger charge is -2.14. The molecule has 6 nitrogen and oxygen atoms in total. The van der Waals surface area contributed by atoms with Crippen LogP contribution in [0.2, 0.25) is 0 Å². The fourth-order valence-corrected chi connectivity index (χ4v) is 5.00. The van der Waals surface area contributed by atoms with Crippen molar-refractivity contribution >= 4 is 17.7 Å². The van der Waals surface area contributed by atoms with Gasteiger partial charge in [-0.1, -0.05) is 60.3 Å². The van der Waals surface area contributed by atoms with Gasteiger partial charge in [-0.25, -0.2) is 0 Å². The van der Waals surface area contributed by atoms with Crippen molar-refractivity contribution in [2.24, 2.45) is 5.73 Å². The van der Waals surface area contributed by atoms with Crippen LogP contribution in [0.1, 0.15) is 22.8 Å². The molecule has 1 aliphatic rings. The summed E-state index contributed by atoms with van der Waals surface area (Å²) in [5.41, 5.74) is 10.4. The third-order valence-electron chi connectivity index (χ3n) is 5.04. The van der Waals surface area contributed by atoms with E-state index < -0.39 is 0 Å². The first-order valence-electron chi connectivity index (χ1n) is 9.32. The van der Waals surface area contributed by atoms with Gasteiger partial charge in [-0.05, 0) is 34.4 Å². The Balaban J connectivity index is 1.56. The minimum absolute atomic E-state index is 0.100. The van der Waals surface area contributed by atoms with Gasteiger partial charge in [0, 0.05) is 13.0 Å². The van der Waals surface area contributed by atoms with Gasteiger partial charge in [-0.15, -0.1) is 10.2 Å². The number of nitrogens with zero attached hydrogens (tertiary/aromatic N) is 3. The summed E-state index contributed by atoms with van der Waals surface area (Å²) >= 11 is 1.63. The smallest absolute Gasteiger partial charge is 0.219 e. The molecule has 0 spiro atoms. The average Bonchev–Trinajstić information content (AvgIpc) is 3.46. The standard InChI is InChI=1S/C22H18N4O2S/c23-19(27)11-12-26-21(18-10-5-13-28-18)24-25-22(26)29-20-16-8-3-1-6-14(16)15-7-2-4-9-17(15)20/h1-10,13,20H,11-12H2,(H2,23,27). The molecule has 7 heteroatoms. The highest BCUT2D eigenvalue weighted by Crippen LogP contribution is 2.51. The second-order valence-corrected chi connectivity index (χ2v) is 7.90. The Labute approximate surface area is 171 Å². The zero-order valence-corrected chi connectivity index (χ0v) is 16.3. The highest BCUT2D eigenvalue weighted by molar-refractivity contribution is 7.99. The molecule has 4 aromatic rings. The maximum absolute atomic E-state index is 11.4. The molecule has 2 N–H and O–H groups in total. The second kappa shape index (κ2) is 7.25. The van der Waals surface area contributed by atoms with Crippen molar-refractivity contribution in [1.82, 2.24) is 14.8 Å². The molecular formula is C22H18N4O2S. The number of thioether (sulfide) groups is 1. The molecule has 0 saturated carbocycles. The summed E-state index contributed by atoms with van der Waals surface area (Å²) in [6.07, 6.45) is 1.80. The van der Waals surface area contributed by atoms with E-state index in [4.69, 9.17) is 10.2 Å². The summed E-state index contributed by atoms with van der Waals surface area (Å²) in [6.45, 7) is 0.400. The number of primary amides is 1. The molecule has 0 atom stereocenters. The minimum atomic E-state index is -0.364. The Kier molecular flexibility index (Phi) is 4.44. The van der Waals surface area contributed by atoms with Crippen molar-refractivity contribution < 1.29 is 9.21 Å². The molecule has 144 valence electrons. The molecule has 2 heterocycles. The Morgan fingerprint density at radius 1 is 1.00 bits per heavy atom. The fraction of sp³-hybridized carbons (Fsp3) is 0.136. The normalized spacial score (nSPS) is 12.7. The summed E-state index contributed by atoms with van der Waals surface area (Å²) in [5, 5.41) is 9.59. The van der Waals surface area contributed by atoms with E-state index in [1.807, 2.05) is 10.6 Å². The van der Waals surface area contributed by atoms with E-state index in [0.717, 1.165) is 5.16 Å². The van der Waals surface area contributed by atoms with Gasteiger partial charge in [0.25, 0.3) is 0 Å². The number of carbonyl (C=O) groups is 1. The van der Waals surface area contributed by atoms with Crippen molar-refractivity contribution in [3.05, 3.63) is 78.1 Å². The van der Waals surface area contributed by atoms with Gasteiger partial charge in [0.15, 0.2) is 16.7 Å². The van der Waals surface area contributed by atoms with Crippen LogP contribution >= 0.6 is 11.8 Å². The van der Waals surface area contributed by atoms with Gasteiger partial charge in [0.2, 0.25) is 5.91 Å². The molecule has 0 bridgehead atoms. The highest BCUT2D eigenvalue weighted by Gasteiger charge is 2.31. The Hall–Kier alpha value is -3.32. The molecule has 1 amide bonds. The van der Waals surface area contributed by atoms with Crippen LogP contribution in [0.5, 0.6) is 0 Å². The molecule has 0 radical (unpaired) electrons. The first kappa shape index (κ1) is 17.8. The summed E-state index contributed by atoms with van der Waals surface area (Å²) in [4.78, 5) is 11.4. The molecule has 29 heavy (non-hydrogen) atoms. The van der Waals surface area contributed by atoms with Crippen molar-refractivity contribution in [2.75, 3.05) is 0 Å². The van der Waals surface area contributed by atoms with Gasteiger partial charge in [0.05, 0.1) is 11.5 Å². The number of benzene rings is 2. The van der Waals surface area contributed by atoms with Crippen LogP contribution in [0, 0.1) is 0 Å². The van der Waals surface area contributed by atoms with Crippen LogP contribution in [-0.4, -0.2) is 20.7 Å². The largest absolute Gasteiger partial charge is 0.461 e. The quantitative estimate of drug-likeness (QED) is 0.520. The summed E-state index contributed by atoms with van der Waals surface area (Å²) in [6, 6.07) is 20.5. The van der Waals surface area contributed by atoms with E-state index in [2.05, 4.69) is 58.7 Å². The molecule has 1 aliphatic carbocycles. The van der Waals surface area contributed by atoms with Gasteiger partial charge >= 0.3 is 0 Å². The fourth-order valence-electron chi connectivity index (χ4n) is 3.73. The number of hydrogen-bond donors (Lipinski definition) is 1. The Bertz CT molecular complexity index is 1140. The third-order valence-corrected chi connectivity index (χ3v) is 6.30. The maximum atomic E-state index is 11.4. The SMILES string of the molecule is NC(=O)CCn1c(SC2c3ccccc3-c3ccccc32)nnc1-c1ccco1. The zero-order chi connectivity index (χ0) is 19.8. The minimum Gasteiger partial charge on any atom is -0.461 e. The van der Waals surface area contributed by atoms with E-state index in [1.54, 1.807) is 24.1 Å². The number of carbonyl (C=O) groups excluding carboxylic acids is 1. The number of furan rings is 1. The molecule has 2 aromatic heterocycles. The topological polar surface area (TPSA) is 86.9 Å². The van der Waals surface area contributed by atoms with Crippen molar-refractivity contribution in [1.29, 1.82) is 0 Å². The Morgan fingerprint density at radius 2 is 1.69 bits per heavy atom. The lowest BCUT2D eigenvalue weighted by Crippen LogP contribution is -2.15. The number of rotatable bonds is 6. The molecule has 0 aliphatic heterocycles. The zero-order valence-electron chi connectivity index (χ0n) is 15.5. The number of fused-ring (bicyclic) bond motifs is 3. The van der Waals surface area contributed by atoms with Gasteiger partial charge in [-0.3, -0.25) is 9.36 Å². The molecule has 2 aromatic carbocycles. The number of aromatic nitrogens is 3. The van der Waals surface area contributed by atoms with Crippen LogP contribution in [0.4, 0.5) is 0 Å². The summed E-state index contributed by atoms with van der Waals surface area (Å²) in [7, 11) is 0. The van der Waals surface area contributed by atoms with Crippen molar-refractivity contribution in [3.63, 3.8) is 0 Å². The molecule has 5 rings (SSSR count). The summed E-state index contributed by atoms with van der Waals surface area (Å²) < 4.78 is 7.43. The number of nitrogens with two attached hydrogens (primary N) is 1. The van der Waals surface area contributed by atoms with Crippen molar-refractivity contribution in [2.45, 2.75) is 23.4 Å². The average molecular weight is 402 g/mol. The van der Waals surface area contributed by atoms with Gasteiger partial charge in [-0.2, -0.15) is 0 Å². The summed E-state index contributed by atoms with van der Waals surface area (Å²) in [5.74, 6) is 0.843. The number of amides is 1. The second-order valence-electron chi connectivity index (χ2n) is 6.82. The molecule has 0 saturated heterocycles. The van der Waals surface area contributed by atoms with Crippen LogP contribution in [0.25, 0.3) is 22.7 Å². The monoisotopic (exact) mass is 402 g/mol. The van der Waals surface area contributed by atoms with Gasteiger partial charge < -0.3 is 10.2 Å². The number of hydrogen-bond acceptors (Lipinski definition) is 5. The van der Waals surface area contributed by atoms with Crippen LogP contribution < -0.4 is 5.73 Å². The predicted molar refractivity (Wildman–Crippen MR) is 111 cm³/mol. The first-order chi connectivity index (χ1) is 14.2. The first-order valence-corrected chi connectivity index (χ1v) is 10.2. The molecule has 0 fully saturated rings. The van der Waals surface area contributed by atoms with Crippen LogP contribution in [0.3, 0.4) is 0 Å². The predicted octanol–water partition coefficient (Wildman–Crippen LogP) is 4.28. The lowest BCUT2D eigenvalue weighted by molar-refractivity contribution is -0.118. The van der Waals surface area contributed by atoms with Crippen LogP contribution in [-0.2, 0) is 11.3 Å². The van der Waals surface area contributed by atoms with E-state index in [9.17, 15) is 4.79 Å². The molecule has 0 unspecified atom stereocenters. The van der Waals surface area contributed by atoms with Gasteiger partial charge in [0.1, 0.15) is 0 Å². The van der Waals surface area contributed by atoms with Crippen molar-refractivity contribution in [3.8, 4) is 22.7 Å². The van der Waals surface area contributed by atoms with E-state index in [-0.39, 0.29) is 17.6 Å². The van der Waals surface area contributed by atoms with E-state index in [1.165, 1.54) is 22.3 Å². The Morgan fingerprint density at radius 3 is 2.31 bits per heavy atom. The van der Waals surface area contributed by atoms with Crippen LogP contribution in [0.15, 0.2) is 76.5 Å². The third kappa shape index (κ3) is 3.13. The maximum Gasteiger partial charge on any atom is 0.219 e.